The molecule has 0 unspecified atom stereocenters. The van der Waals surface area contributed by atoms with Crippen molar-refractivity contribution in [3.8, 4) is 5.75 Å². The van der Waals surface area contributed by atoms with Gasteiger partial charge in [0.1, 0.15) is 5.75 Å². The zero-order valence-electron chi connectivity index (χ0n) is 7.24. The number of benzene rings is 1. The Morgan fingerprint density at radius 2 is 2.23 bits per heavy atom. The lowest BCUT2D eigenvalue weighted by atomic mass is 10.1. The molecule has 68 valence electrons. The Hall–Kier alpha value is -0.670. The summed E-state index contributed by atoms with van der Waals surface area (Å²) in [5.41, 5.74) is 1.21. The Kier molecular flexibility index (Phi) is 2.22. The van der Waals surface area contributed by atoms with E-state index in [1.165, 1.54) is 16.9 Å². The third kappa shape index (κ3) is 1.42. The number of aromatic hydroxyl groups is 1. The van der Waals surface area contributed by atoms with Crippen LogP contribution >= 0.6 is 24.0 Å². The zero-order valence-corrected chi connectivity index (χ0v) is 8.95. The van der Waals surface area contributed by atoms with Gasteiger partial charge in [0, 0.05) is 15.7 Å². The molecule has 1 heterocycles. The number of rotatable bonds is 1. The van der Waals surface area contributed by atoms with Gasteiger partial charge in [-0.3, -0.25) is 0 Å². The molecule has 0 amide bonds. The van der Waals surface area contributed by atoms with Gasteiger partial charge in [-0.15, -0.1) is 24.0 Å². The van der Waals surface area contributed by atoms with Crippen LogP contribution in [0, 0.1) is 0 Å². The van der Waals surface area contributed by atoms with Crippen LogP contribution in [0.4, 0.5) is 0 Å². The monoisotopic (exact) mass is 210 g/mol. The lowest BCUT2D eigenvalue weighted by Crippen LogP contribution is -1.79. The Morgan fingerprint density at radius 3 is 2.92 bits per heavy atom. The number of fused-ring (bicyclic) bond motifs is 1. The van der Waals surface area contributed by atoms with Crippen LogP contribution in [0.1, 0.15) is 12.5 Å². The first-order chi connectivity index (χ1) is 6.22. The van der Waals surface area contributed by atoms with Crippen molar-refractivity contribution in [3.63, 3.8) is 0 Å². The van der Waals surface area contributed by atoms with Crippen molar-refractivity contribution in [1.29, 1.82) is 0 Å². The highest BCUT2D eigenvalue weighted by Crippen LogP contribution is 2.36. The molecule has 0 spiro atoms. The summed E-state index contributed by atoms with van der Waals surface area (Å²) in [6.45, 7) is 2.10. The standard InChI is InChI=1S/C10H10OS2/c1-2-6-3-7-8(11)5-13-10(7)9(12)4-6/h3-5,11-12H,2H2,1H3. The van der Waals surface area contributed by atoms with Crippen molar-refractivity contribution in [2.24, 2.45) is 0 Å². The molecule has 1 aromatic carbocycles. The SMILES string of the molecule is CCc1cc(S)c2scc(O)c2c1. The van der Waals surface area contributed by atoms with E-state index in [1.807, 2.05) is 6.07 Å². The van der Waals surface area contributed by atoms with Crippen LogP contribution in [0.2, 0.25) is 0 Å². The quantitative estimate of drug-likeness (QED) is 0.691. The second-order valence-electron chi connectivity index (χ2n) is 2.97. The molecule has 0 aliphatic heterocycles. The summed E-state index contributed by atoms with van der Waals surface area (Å²) in [5.74, 6) is 0.366. The summed E-state index contributed by atoms with van der Waals surface area (Å²) in [6, 6.07) is 4.09. The molecule has 0 saturated heterocycles. The van der Waals surface area contributed by atoms with Crippen LogP contribution < -0.4 is 0 Å². The number of thiol groups is 1. The van der Waals surface area contributed by atoms with E-state index < -0.39 is 0 Å². The number of hydrogen-bond acceptors (Lipinski definition) is 3. The van der Waals surface area contributed by atoms with Crippen LogP contribution in [0.5, 0.6) is 5.75 Å². The van der Waals surface area contributed by atoms with E-state index >= 15 is 0 Å². The van der Waals surface area contributed by atoms with Gasteiger partial charge in [0.25, 0.3) is 0 Å². The minimum atomic E-state index is 0.366. The molecule has 2 aromatic rings. The van der Waals surface area contributed by atoms with Crippen molar-refractivity contribution < 1.29 is 5.11 Å². The fraction of sp³-hybridized carbons (Fsp3) is 0.200. The van der Waals surface area contributed by atoms with Gasteiger partial charge in [-0.2, -0.15) is 0 Å². The van der Waals surface area contributed by atoms with Gasteiger partial charge in [0.15, 0.2) is 0 Å². The summed E-state index contributed by atoms with van der Waals surface area (Å²) in [5, 5.41) is 12.2. The van der Waals surface area contributed by atoms with E-state index in [0.717, 1.165) is 21.4 Å². The highest BCUT2D eigenvalue weighted by molar-refractivity contribution is 7.80. The van der Waals surface area contributed by atoms with E-state index in [9.17, 15) is 5.11 Å². The molecule has 1 nitrogen and oxygen atoms in total. The maximum atomic E-state index is 9.53. The van der Waals surface area contributed by atoms with Crippen molar-refractivity contribution in [2.45, 2.75) is 18.2 Å². The lowest BCUT2D eigenvalue weighted by molar-refractivity contribution is 0.483. The Morgan fingerprint density at radius 1 is 1.46 bits per heavy atom. The second kappa shape index (κ2) is 3.24. The predicted octanol–water partition coefficient (Wildman–Crippen LogP) is 3.46. The largest absolute Gasteiger partial charge is 0.506 e. The molecule has 0 aliphatic carbocycles. The molecule has 2 rings (SSSR count). The molecule has 0 fully saturated rings. The van der Waals surface area contributed by atoms with Gasteiger partial charge in [0.05, 0.1) is 4.70 Å². The molecular formula is C10H10OS2. The average molecular weight is 210 g/mol. The van der Waals surface area contributed by atoms with Gasteiger partial charge >= 0.3 is 0 Å². The molecule has 1 N–H and O–H groups in total. The first-order valence-corrected chi connectivity index (χ1v) is 5.47. The summed E-state index contributed by atoms with van der Waals surface area (Å²) >= 11 is 5.92. The summed E-state index contributed by atoms with van der Waals surface area (Å²) in [4.78, 5) is 0.958. The summed E-state index contributed by atoms with van der Waals surface area (Å²) in [6.07, 6.45) is 0.971. The predicted molar refractivity (Wildman–Crippen MR) is 60.1 cm³/mol. The highest BCUT2D eigenvalue weighted by atomic mass is 32.1. The smallest absolute Gasteiger partial charge is 0.134 e. The fourth-order valence-corrected chi connectivity index (χ4v) is 2.64. The van der Waals surface area contributed by atoms with E-state index in [2.05, 4.69) is 25.6 Å². The highest BCUT2D eigenvalue weighted by Gasteiger charge is 2.06. The van der Waals surface area contributed by atoms with Crippen molar-refractivity contribution in [3.05, 3.63) is 23.1 Å². The normalized spacial score (nSPS) is 10.9. The van der Waals surface area contributed by atoms with Crippen molar-refractivity contribution in [1.82, 2.24) is 0 Å². The molecule has 0 atom stereocenters. The van der Waals surface area contributed by atoms with Gasteiger partial charge in [-0.05, 0) is 24.1 Å². The van der Waals surface area contributed by atoms with Crippen molar-refractivity contribution >= 4 is 34.1 Å². The van der Waals surface area contributed by atoms with Gasteiger partial charge in [-0.25, -0.2) is 0 Å². The van der Waals surface area contributed by atoms with Crippen LogP contribution in [-0.2, 0) is 6.42 Å². The minimum absolute atomic E-state index is 0.366. The van der Waals surface area contributed by atoms with E-state index in [1.54, 1.807) is 5.38 Å². The molecular weight excluding hydrogens is 200 g/mol. The molecule has 0 saturated carbocycles. The maximum Gasteiger partial charge on any atom is 0.134 e. The maximum absolute atomic E-state index is 9.53. The topological polar surface area (TPSA) is 20.2 Å². The van der Waals surface area contributed by atoms with E-state index in [4.69, 9.17) is 0 Å². The minimum Gasteiger partial charge on any atom is -0.506 e. The third-order valence-corrected chi connectivity index (χ3v) is 3.62. The zero-order chi connectivity index (χ0) is 9.42. The van der Waals surface area contributed by atoms with E-state index in [0.29, 0.717) is 5.75 Å². The second-order valence-corrected chi connectivity index (χ2v) is 4.33. The molecule has 0 radical (unpaired) electrons. The summed E-state index contributed by atoms with van der Waals surface area (Å²) in [7, 11) is 0. The Labute approximate surface area is 86.4 Å². The molecule has 13 heavy (non-hydrogen) atoms. The van der Waals surface area contributed by atoms with Gasteiger partial charge in [-0.1, -0.05) is 6.92 Å². The van der Waals surface area contributed by atoms with Crippen LogP contribution in [0.25, 0.3) is 10.1 Å². The molecule has 1 aromatic heterocycles. The lowest BCUT2D eigenvalue weighted by Gasteiger charge is -2.00. The first-order valence-electron chi connectivity index (χ1n) is 4.14. The average Bonchev–Trinajstić information content (AvgIpc) is 2.48. The van der Waals surface area contributed by atoms with E-state index in [-0.39, 0.29) is 0 Å². The number of aryl methyl sites for hydroxylation is 1. The Bertz CT molecular complexity index is 445. The van der Waals surface area contributed by atoms with Crippen molar-refractivity contribution in [2.75, 3.05) is 0 Å². The first kappa shape index (κ1) is 8.91. The summed E-state index contributed by atoms with van der Waals surface area (Å²) < 4.78 is 1.07. The molecule has 3 heteroatoms. The van der Waals surface area contributed by atoms with Crippen LogP contribution in [-0.4, -0.2) is 5.11 Å². The third-order valence-electron chi connectivity index (χ3n) is 2.10. The number of thiophene rings is 1. The fourth-order valence-electron chi connectivity index (χ4n) is 1.37. The van der Waals surface area contributed by atoms with Gasteiger partial charge in [0.2, 0.25) is 0 Å². The molecule has 0 aliphatic rings. The van der Waals surface area contributed by atoms with Crippen LogP contribution in [0.3, 0.4) is 0 Å². The molecule has 0 bridgehead atoms. The number of hydrogen-bond donors (Lipinski definition) is 2. The van der Waals surface area contributed by atoms with Crippen LogP contribution in [0.15, 0.2) is 22.4 Å². The Balaban J connectivity index is 2.80. The van der Waals surface area contributed by atoms with Gasteiger partial charge < -0.3 is 5.11 Å².